The second kappa shape index (κ2) is 8.61. The van der Waals surface area contributed by atoms with Crippen molar-refractivity contribution in [3.8, 4) is 0 Å². The number of carbonyl (C=O) groups excluding carboxylic acids is 2. The number of amides is 1. The van der Waals surface area contributed by atoms with Crippen LogP contribution in [-0.2, 0) is 16.1 Å². The van der Waals surface area contributed by atoms with Crippen LogP contribution >= 0.6 is 0 Å². The van der Waals surface area contributed by atoms with Gasteiger partial charge in [-0.3, -0.25) is 4.79 Å². The highest BCUT2D eigenvalue weighted by Gasteiger charge is 2.34. The van der Waals surface area contributed by atoms with Crippen LogP contribution < -0.4 is 10.6 Å². The SMILES string of the molecule is CC1=C(C(=O)N[C@H](c2cccc(F)c2)C2CCC2)c2c(C(C)C=O)ccc(F)c2CN1. The Morgan fingerprint density at radius 3 is 2.65 bits per heavy atom. The molecule has 31 heavy (non-hydrogen) atoms. The Kier molecular flexibility index (Phi) is 5.90. The summed E-state index contributed by atoms with van der Waals surface area (Å²) >= 11 is 0. The van der Waals surface area contributed by atoms with Crippen molar-refractivity contribution in [1.29, 1.82) is 0 Å². The Hall–Kier alpha value is -3.02. The summed E-state index contributed by atoms with van der Waals surface area (Å²) in [7, 11) is 0. The van der Waals surface area contributed by atoms with E-state index in [0.29, 0.717) is 28.0 Å². The van der Waals surface area contributed by atoms with Gasteiger partial charge in [-0.1, -0.05) is 31.5 Å². The first-order chi connectivity index (χ1) is 14.9. The fraction of sp³-hybridized carbons (Fsp3) is 0.360. The number of benzene rings is 2. The van der Waals surface area contributed by atoms with Crippen molar-refractivity contribution in [1.82, 2.24) is 10.6 Å². The Morgan fingerprint density at radius 2 is 2.00 bits per heavy atom. The van der Waals surface area contributed by atoms with Gasteiger partial charge in [0.15, 0.2) is 0 Å². The van der Waals surface area contributed by atoms with E-state index < -0.39 is 11.7 Å². The van der Waals surface area contributed by atoms with E-state index in [0.717, 1.165) is 31.1 Å². The molecule has 4 rings (SSSR count). The number of nitrogens with one attached hydrogen (secondary N) is 2. The van der Waals surface area contributed by atoms with E-state index in [-0.39, 0.29) is 30.2 Å². The highest BCUT2D eigenvalue weighted by molar-refractivity contribution is 6.21. The summed E-state index contributed by atoms with van der Waals surface area (Å²) in [5, 5.41) is 6.20. The molecule has 0 spiro atoms. The van der Waals surface area contributed by atoms with E-state index in [1.807, 2.05) is 6.07 Å². The molecule has 2 aromatic carbocycles. The molecule has 162 valence electrons. The molecule has 0 radical (unpaired) electrons. The first-order valence-electron chi connectivity index (χ1n) is 10.7. The smallest absolute Gasteiger partial charge is 0.254 e. The summed E-state index contributed by atoms with van der Waals surface area (Å²) in [5.74, 6) is -1.36. The molecule has 2 aliphatic rings. The van der Waals surface area contributed by atoms with Crippen LogP contribution in [-0.4, -0.2) is 12.2 Å². The molecule has 1 fully saturated rings. The number of hydrogen-bond acceptors (Lipinski definition) is 3. The molecule has 0 bridgehead atoms. The Balaban J connectivity index is 1.74. The summed E-state index contributed by atoms with van der Waals surface area (Å²) in [4.78, 5) is 25.0. The summed E-state index contributed by atoms with van der Waals surface area (Å²) in [6.45, 7) is 3.76. The fourth-order valence-electron chi connectivity index (χ4n) is 4.50. The molecule has 6 heteroatoms. The maximum Gasteiger partial charge on any atom is 0.254 e. The molecule has 2 N–H and O–H groups in total. The molecule has 2 atom stereocenters. The van der Waals surface area contributed by atoms with Crippen molar-refractivity contribution in [3.05, 3.63) is 76.0 Å². The zero-order valence-electron chi connectivity index (χ0n) is 17.7. The number of hydrogen-bond donors (Lipinski definition) is 2. The van der Waals surface area contributed by atoms with Crippen LogP contribution in [0.15, 0.2) is 42.1 Å². The van der Waals surface area contributed by atoms with Crippen LogP contribution in [0.4, 0.5) is 8.78 Å². The average molecular weight is 424 g/mol. The van der Waals surface area contributed by atoms with Crippen LogP contribution in [0, 0.1) is 17.6 Å². The minimum atomic E-state index is -0.478. The number of aldehydes is 1. The topological polar surface area (TPSA) is 58.2 Å². The molecule has 4 nitrogen and oxygen atoms in total. The maximum absolute atomic E-state index is 14.6. The minimum absolute atomic E-state index is 0.226. The standard InChI is InChI=1S/C25H26F2N2O2/c1-14(13-30)19-9-10-21(27)20-12-28-15(2)22(23(19)20)25(31)29-24(16-5-3-6-16)17-7-4-8-18(26)11-17/h4,7-11,13-14,16,24,28H,3,5-6,12H2,1-2H3,(H,29,31)/t14?,24-/m0/s1. The first-order valence-corrected chi connectivity index (χ1v) is 10.7. The minimum Gasteiger partial charge on any atom is -0.384 e. The predicted octanol–water partition coefficient (Wildman–Crippen LogP) is 4.76. The lowest BCUT2D eigenvalue weighted by molar-refractivity contribution is -0.117. The van der Waals surface area contributed by atoms with Crippen molar-refractivity contribution >= 4 is 17.8 Å². The van der Waals surface area contributed by atoms with Gasteiger partial charge in [0.2, 0.25) is 0 Å². The summed E-state index contributed by atoms with van der Waals surface area (Å²) < 4.78 is 28.5. The van der Waals surface area contributed by atoms with Crippen LogP contribution in [0.25, 0.3) is 5.57 Å². The quantitative estimate of drug-likeness (QED) is 0.658. The number of allylic oxidation sites excluding steroid dienone is 1. The summed E-state index contributed by atoms with van der Waals surface area (Å²) in [5.41, 5.74) is 3.18. The normalized spacial score (nSPS) is 17.8. The van der Waals surface area contributed by atoms with Crippen molar-refractivity contribution in [2.45, 2.75) is 51.6 Å². The molecular formula is C25H26F2N2O2. The lowest BCUT2D eigenvalue weighted by Crippen LogP contribution is -2.38. The molecule has 1 aliphatic carbocycles. The second-order valence-corrected chi connectivity index (χ2v) is 8.47. The fourth-order valence-corrected chi connectivity index (χ4v) is 4.50. The van der Waals surface area contributed by atoms with Gasteiger partial charge in [-0.25, -0.2) is 8.78 Å². The molecule has 2 aromatic rings. The maximum atomic E-state index is 14.6. The Bertz CT molecular complexity index is 1060. The third kappa shape index (κ3) is 3.99. The number of rotatable bonds is 6. The zero-order valence-corrected chi connectivity index (χ0v) is 17.7. The predicted molar refractivity (Wildman–Crippen MR) is 115 cm³/mol. The van der Waals surface area contributed by atoms with Crippen LogP contribution in [0.2, 0.25) is 0 Å². The molecule has 0 aromatic heterocycles. The van der Waals surface area contributed by atoms with Gasteiger partial charge in [-0.15, -0.1) is 0 Å². The Labute approximate surface area is 180 Å². The van der Waals surface area contributed by atoms with Gasteiger partial charge in [0, 0.05) is 29.3 Å². The third-order valence-corrected chi connectivity index (χ3v) is 6.48. The van der Waals surface area contributed by atoms with Crippen LogP contribution in [0.3, 0.4) is 0 Å². The molecule has 1 aliphatic heterocycles. The molecule has 1 amide bonds. The molecule has 1 saturated carbocycles. The van der Waals surface area contributed by atoms with Gasteiger partial charge in [-0.2, -0.15) is 0 Å². The first kappa shape index (κ1) is 21.2. The van der Waals surface area contributed by atoms with E-state index in [2.05, 4.69) is 10.6 Å². The van der Waals surface area contributed by atoms with Gasteiger partial charge >= 0.3 is 0 Å². The highest BCUT2D eigenvalue weighted by Crippen LogP contribution is 2.40. The van der Waals surface area contributed by atoms with Gasteiger partial charge in [0.1, 0.15) is 17.9 Å². The number of carbonyl (C=O) groups is 2. The Morgan fingerprint density at radius 1 is 1.23 bits per heavy atom. The average Bonchev–Trinajstić information content (AvgIpc) is 2.71. The van der Waals surface area contributed by atoms with E-state index in [1.54, 1.807) is 26.0 Å². The van der Waals surface area contributed by atoms with Crippen molar-refractivity contribution in [3.63, 3.8) is 0 Å². The molecule has 1 heterocycles. The number of fused-ring (bicyclic) bond motifs is 1. The summed E-state index contributed by atoms with van der Waals surface area (Å²) in [6, 6.07) is 8.89. The highest BCUT2D eigenvalue weighted by atomic mass is 19.1. The van der Waals surface area contributed by atoms with Crippen LogP contribution in [0.5, 0.6) is 0 Å². The van der Waals surface area contributed by atoms with Crippen LogP contribution in [0.1, 0.15) is 67.3 Å². The van der Waals surface area contributed by atoms with E-state index in [4.69, 9.17) is 0 Å². The second-order valence-electron chi connectivity index (χ2n) is 8.47. The summed E-state index contributed by atoms with van der Waals surface area (Å²) in [6.07, 6.45) is 3.78. The lowest BCUT2D eigenvalue weighted by Gasteiger charge is -2.35. The third-order valence-electron chi connectivity index (χ3n) is 6.48. The molecular weight excluding hydrogens is 398 g/mol. The van der Waals surface area contributed by atoms with Gasteiger partial charge in [0.25, 0.3) is 5.91 Å². The van der Waals surface area contributed by atoms with Crippen molar-refractivity contribution in [2.75, 3.05) is 0 Å². The van der Waals surface area contributed by atoms with Crippen molar-refractivity contribution in [2.24, 2.45) is 5.92 Å². The van der Waals surface area contributed by atoms with E-state index >= 15 is 0 Å². The molecule has 1 unspecified atom stereocenters. The largest absolute Gasteiger partial charge is 0.384 e. The van der Waals surface area contributed by atoms with E-state index in [1.165, 1.54) is 18.2 Å². The molecule has 0 saturated heterocycles. The number of halogens is 2. The van der Waals surface area contributed by atoms with E-state index in [9.17, 15) is 18.4 Å². The zero-order chi connectivity index (χ0) is 22.1. The lowest BCUT2D eigenvalue weighted by atomic mass is 9.76. The van der Waals surface area contributed by atoms with Gasteiger partial charge in [0.05, 0.1) is 11.6 Å². The monoisotopic (exact) mass is 424 g/mol. The van der Waals surface area contributed by atoms with Crippen molar-refractivity contribution < 1.29 is 18.4 Å². The van der Waals surface area contributed by atoms with Gasteiger partial charge < -0.3 is 15.4 Å². The van der Waals surface area contributed by atoms with Gasteiger partial charge in [-0.05, 0) is 55.0 Å².